The quantitative estimate of drug-likeness (QED) is 0.469. The summed E-state index contributed by atoms with van der Waals surface area (Å²) >= 11 is 1.33. The molecule has 1 amide bonds. The summed E-state index contributed by atoms with van der Waals surface area (Å²) in [5.74, 6) is -0.294. The monoisotopic (exact) mass is 410 g/mol. The fraction of sp³-hybridized carbons (Fsp3) is 0.200. The van der Waals surface area contributed by atoms with Crippen LogP contribution in [-0.2, 0) is 9.53 Å². The number of amides is 1. The third kappa shape index (κ3) is 4.04. The van der Waals surface area contributed by atoms with Gasteiger partial charge in [0.2, 0.25) is 0 Å². The SMILES string of the molecule is CCOc1ccc2nc(NC(=O)C(C)OC(=O)c3ccc4nc[nH]c4c3)sc2c1. The van der Waals surface area contributed by atoms with Crippen molar-refractivity contribution in [2.24, 2.45) is 0 Å². The van der Waals surface area contributed by atoms with Crippen molar-refractivity contribution in [2.75, 3.05) is 11.9 Å². The summed E-state index contributed by atoms with van der Waals surface area (Å²) in [6, 6.07) is 10.5. The van der Waals surface area contributed by atoms with Gasteiger partial charge in [0.25, 0.3) is 5.91 Å². The minimum Gasteiger partial charge on any atom is -0.494 e. The molecule has 2 aromatic carbocycles. The molecule has 1 atom stereocenters. The van der Waals surface area contributed by atoms with E-state index in [2.05, 4.69) is 20.3 Å². The van der Waals surface area contributed by atoms with Crippen LogP contribution >= 0.6 is 11.3 Å². The number of carbonyl (C=O) groups excluding carboxylic acids is 2. The van der Waals surface area contributed by atoms with E-state index in [1.807, 2.05) is 25.1 Å². The van der Waals surface area contributed by atoms with Gasteiger partial charge in [-0.2, -0.15) is 0 Å². The third-order valence-corrected chi connectivity index (χ3v) is 5.14. The van der Waals surface area contributed by atoms with E-state index >= 15 is 0 Å². The van der Waals surface area contributed by atoms with Crippen LogP contribution in [0.3, 0.4) is 0 Å². The predicted molar refractivity (Wildman–Crippen MR) is 110 cm³/mol. The summed E-state index contributed by atoms with van der Waals surface area (Å²) in [7, 11) is 0. The number of aromatic nitrogens is 3. The lowest BCUT2D eigenvalue weighted by Crippen LogP contribution is -2.29. The predicted octanol–water partition coefficient (Wildman–Crippen LogP) is 3.76. The Morgan fingerprint density at radius 1 is 1.21 bits per heavy atom. The lowest BCUT2D eigenvalue weighted by atomic mass is 10.2. The highest BCUT2D eigenvalue weighted by molar-refractivity contribution is 7.22. The molecule has 2 heterocycles. The molecule has 148 valence electrons. The molecule has 2 aromatic heterocycles. The fourth-order valence-electron chi connectivity index (χ4n) is 2.77. The van der Waals surface area contributed by atoms with Gasteiger partial charge in [-0.1, -0.05) is 11.3 Å². The van der Waals surface area contributed by atoms with E-state index in [0.717, 1.165) is 27.0 Å². The number of imidazole rings is 1. The number of nitrogens with zero attached hydrogens (tertiary/aromatic N) is 2. The van der Waals surface area contributed by atoms with Crippen molar-refractivity contribution in [3.8, 4) is 5.75 Å². The van der Waals surface area contributed by atoms with Crippen molar-refractivity contribution in [3.05, 3.63) is 48.3 Å². The van der Waals surface area contributed by atoms with Gasteiger partial charge >= 0.3 is 5.97 Å². The highest BCUT2D eigenvalue weighted by Gasteiger charge is 2.20. The Bertz CT molecular complexity index is 1200. The molecule has 0 aliphatic rings. The van der Waals surface area contributed by atoms with E-state index < -0.39 is 18.0 Å². The number of hydrogen-bond donors (Lipinski definition) is 2. The molecule has 29 heavy (non-hydrogen) atoms. The Morgan fingerprint density at radius 3 is 2.86 bits per heavy atom. The minimum absolute atomic E-state index is 0.338. The van der Waals surface area contributed by atoms with Crippen molar-refractivity contribution >= 4 is 49.6 Å². The summed E-state index contributed by atoms with van der Waals surface area (Å²) < 4.78 is 11.7. The van der Waals surface area contributed by atoms with Gasteiger partial charge in [-0.25, -0.2) is 14.8 Å². The molecule has 0 aliphatic heterocycles. The van der Waals surface area contributed by atoms with Gasteiger partial charge in [-0.3, -0.25) is 10.1 Å². The number of hydrogen-bond acceptors (Lipinski definition) is 7. The summed E-state index contributed by atoms with van der Waals surface area (Å²) in [6.07, 6.45) is 0.566. The van der Waals surface area contributed by atoms with E-state index in [1.54, 1.807) is 24.5 Å². The molecule has 4 rings (SSSR count). The molecule has 1 unspecified atom stereocenters. The molecule has 0 spiro atoms. The smallest absolute Gasteiger partial charge is 0.338 e. The summed E-state index contributed by atoms with van der Waals surface area (Å²) in [6.45, 7) is 4.00. The number of thiazole rings is 1. The van der Waals surface area contributed by atoms with Gasteiger partial charge in [0.15, 0.2) is 11.2 Å². The Hall–Kier alpha value is -3.46. The van der Waals surface area contributed by atoms with Crippen LogP contribution in [0.15, 0.2) is 42.7 Å². The van der Waals surface area contributed by atoms with Crippen LogP contribution in [-0.4, -0.2) is 39.5 Å². The number of esters is 1. The van der Waals surface area contributed by atoms with Gasteiger partial charge in [-0.05, 0) is 50.2 Å². The number of benzene rings is 2. The number of nitrogens with one attached hydrogen (secondary N) is 2. The maximum atomic E-state index is 12.4. The molecular formula is C20H18N4O4S. The Kier molecular flexibility index (Phi) is 5.13. The largest absolute Gasteiger partial charge is 0.494 e. The first-order chi connectivity index (χ1) is 14.0. The maximum Gasteiger partial charge on any atom is 0.338 e. The second-order valence-electron chi connectivity index (χ2n) is 6.25. The maximum absolute atomic E-state index is 12.4. The van der Waals surface area contributed by atoms with Crippen molar-refractivity contribution in [1.29, 1.82) is 0 Å². The third-order valence-electron chi connectivity index (χ3n) is 4.21. The van der Waals surface area contributed by atoms with Crippen LogP contribution < -0.4 is 10.1 Å². The Balaban J connectivity index is 1.42. The molecule has 0 saturated carbocycles. The van der Waals surface area contributed by atoms with Crippen LogP contribution in [0.1, 0.15) is 24.2 Å². The lowest BCUT2D eigenvalue weighted by Gasteiger charge is -2.12. The molecule has 0 radical (unpaired) electrons. The normalized spacial score (nSPS) is 12.1. The van der Waals surface area contributed by atoms with Gasteiger partial charge in [-0.15, -0.1) is 0 Å². The first-order valence-electron chi connectivity index (χ1n) is 9.02. The van der Waals surface area contributed by atoms with Crippen LogP contribution in [0.25, 0.3) is 21.3 Å². The number of ether oxygens (including phenoxy) is 2. The van der Waals surface area contributed by atoms with E-state index in [0.29, 0.717) is 17.3 Å². The minimum atomic E-state index is -0.981. The number of fused-ring (bicyclic) bond motifs is 2. The van der Waals surface area contributed by atoms with E-state index in [1.165, 1.54) is 18.3 Å². The molecule has 0 bridgehead atoms. The Labute approximate surface area is 169 Å². The number of H-pyrrole nitrogens is 1. The second-order valence-corrected chi connectivity index (χ2v) is 7.28. The molecular weight excluding hydrogens is 392 g/mol. The van der Waals surface area contributed by atoms with Crippen molar-refractivity contribution in [1.82, 2.24) is 15.0 Å². The van der Waals surface area contributed by atoms with E-state index in [9.17, 15) is 9.59 Å². The highest BCUT2D eigenvalue weighted by atomic mass is 32.1. The van der Waals surface area contributed by atoms with Crippen molar-refractivity contribution < 1.29 is 19.1 Å². The van der Waals surface area contributed by atoms with Gasteiger partial charge < -0.3 is 14.5 Å². The fourth-order valence-corrected chi connectivity index (χ4v) is 3.66. The number of anilines is 1. The highest BCUT2D eigenvalue weighted by Crippen LogP contribution is 2.29. The molecule has 0 aliphatic carbocycles. The average molecular weight is 410 g/mol. The van der Waals surface area contributed by atoms with Crippen LogP contribution in [0.4, 0.5) is 5.13 Å². The Morgan fingerprint density at radius 2 is 2.03 bits per heavy atom. The topological polar surface area (TPSA) is 106 Å². The van der Waals surface area contributed by atoms with Gasteiger partial charge in [0.05, 0.1) is 39.7 Å². The summed E-state index contributed by atoms with van der Waals surface area (Å²) in [4.78, 5) is 36.2. The molecule has 4 aromatic rings. The first kappa shape index (κ1) is 18.9. The molecule has 8 nitrogen and oxygen atoms in total. The average Bonchev–Trinajstić information content (AvgIpc) is 3.33. The second kappa shape index (κ2) is 7.88. The van der Waals surface area contributed by atoms with Crippen LogP contribution in [0.5, 0.6) is 5.75 Å². The zero-order chi connectivity index (χ0) is 20.4. The van der Waals surface area contributed by atoms with Gasteiger partial charge in [0.1, 0.15) is 5.75 Å². The van der Waals surface area contributed by atoms with Crippen molar-refractivity contribution in [3.63, 3.8) is 0 Å². The van der Waals surface area contributed by atoms with E-state index in [-0.39, 0.29) is 0 Å². The van der Waals surface area contributed by atoms with E-state index in [4.69, 9.17) is 9.47 Å². The number of rotatable bonds is 6. The zero-order valence-corrected chi connectivity index (χ0v) is 16.6. The number of carbonyl (C=O) groups is 2. The first-order valence-corrected chi connectivity index (χ1v) is 9.83. The number of aromatic amines is 1. The van der Waals surface area contributed by atoms with Gasteiger partial charge in [0, 0.05) is 0 Å². The van der Waals surface area contributed by atoms with Crippen molar-refractivity contribution in [2.45, 2.75) is 20.0 Å². The standard InChI is InChI=1S/C20H18N4O4S/c1-3-27-13-5-7-15-17(9-13)29-20(23-15)24-18(25)11(2)28-19(26)12-4-6-14-16(8-12)22-10-21-14/h4-11H,3H2,1-2H3,(H,21,22)(H,23,24,25). The summed E-state index contributed by atoms with van der Waals surface area (Å²) in [5, 5.41) is 3.13. The molecule has 0 fully saturated rings. The lowest BCUT2D eigenvalue weighted by molar-refractivity contribution is -0.123. The molecule has 9 heteroatoms. The molecule has 0 saturated heterocycles. The van der Waals surface area contributed by atoms with Crippen LogP contribution in [0, 0.1) is 0 Å². The summed E-state index contributed by atoms with van der Waals surface area (Å²) in [5.41, 5.74) is 2.56. The zero-order valence-electron chi connectivity index (χ0n) is 15.8. The van der Waals surface area contributed by atoms with Crippen LogP contribution in [0.2, 0.25) is 0 Å². The molecule has 2 N–H and O–H groups in total.